The Morgan fingerprint density at radius 2 is 2.17 bits per heavy atom. The van der Waals surface area contributed by atoms with Gasteiger partial charge in [-0.25, -0.2) is 0 Å². The van der Waals surface area contributed by atoms with E-state index in [1.54, 1.807) is 18.3 Å². The highest BCUT2D eigenvalue weighted by Gasteiger charge is 2.32. The predicted octanol–water partition coefficient (Wildman–Crippen LogP) is 3.99. The molecule has 0 aromatic carbocycles. The molecule has 1 aromatic rings. The zero-order valence-electron chi connectivity index (χ0n) is 14.1. The van der Waals surface area contributed by atoms with E-state index in [1.807, 2.05) is 0 Å². The third-order valence-electron chi connectivity index (χ3n) is 4.40. The molecule has 0 fully saturated rings. The first-order valence-electron chi connectivity index (χ1n) is 7.91. The van der Waals surface area contributed by atoms with Crippen LogP contribution in [0.15, 0.2) is 0 Å². The summed E-state index contributed by atoms with van der Waals surface area (Å²) in [6, 6.07) is 2.31. The Hall–Kier alpha value is -1.45. The second-order valence-electron chi connectivity index (χ2n) is 6.98. The smallest absolute Gasteiger partial charge is 0.225 e. The Morgan fingerprint density at radius 3 is 2.74 bits per heavy atom. The van der Waals surface area contributed by atoms with Crippen molar-refractivity contribution in [2.24, 2.45) is 11.3 Å². The maximum absolute atomic E-state index is 11.4. The van der Waals surface area contributed by atoms with Crippen LogP contribution in [0.25, 0.3) is 0 Å². The lowest BCUT2D eigenvalue weighted by molar-refractivity contribution is -0.119. The maximum atomic E-state index is 11.4. The SMILES string of the molecule is CCC(=O)NC(=S)Nc1sc2c(c1C#N)CC[C@@H](C(C)(C)C)C2. The van der Waals surface area contributed by atoms with Crippen LogP contribution in [-0.2, 0) is 17.6 Å². The number of thiocarbonyl (C=S) groups is 1. The van der Waals surface area contributed by atoms with E-state index in [-0.39, 0.29) is 16.4 Å². The van der Waals surface area contributed by atoms with Gasteiger partial charge in [0.15, 0.2) is 5.11 Å². The molecule has 0 saturated heterocycles. The molecule has 23 heavy (non-hydrogen) atoms. The third kappa shape index (κ3) is 4.10. The highest BCUT2D eigenvalue weighted by atomic mass is 32.1. The van der Waals surface area contributed by atoms with Crippen LogP contribution in [0.2, 0.25) is 0 Å². The van der Waals surface area contributed by atoms with Crippen LogP contribution in [0.4, 0.5) is 5.00 Å². The van der Waals surface area contributed by atoms with Crippen molar-refractivity contribution in [3.05, 3.63) is 16.0 Å². The van der Waals surface area contributed by atoms with Crippen LogP contribution in [0.5, 0.6) is 0 Å². The van der Waals surface area contributed by atoms with E-state index >= 15 is 0 Å². The number of carbonyl (C=O) groups is 1. The van der Waals surface area contributed by atoms with E-state index in [0.29, 0.717) is 17.9 Å². The summed E-state index contributed by atoms with van der Waals surface area (Å²) < 4.78 is 0. The van der Waals surface area contributed by atoms with Crippen molar-refractivity contribution in [2.75, 3.05) is 5.32 Å². The number of thiophene rings is 1. The van der Waals surface area contributed by atoms with Crippen LogP contribution in [0.3, 0.4) is 0 Å². The standard InChI is InChI=1S/C17H23N3OS2/c1-5-14(21)19-16(22)20-15-12(9-18)11-7-6-10(17(2,3)4)8-13(11)23-15/h10H,5-8H2,1-4H3,(H2,19,20,21,22)/t10-/m1/s1. The van der Waals surface area contributed by atoms with Crippen molar-refractivity contribution in [1.29, 1.82) is 5.26 Å². The van der Waals surface area contributed by atoms with Gasteiger partial charge in [-0.15, -0.1) is 11.3 Å². The first-order valence-corrected chi connectivity index (χ1v) is 9.14. The summed E-state index contributed by atoms with van der Waals surface area (Å²) in [5.74, 6) is 0.495. The zero-order chi connectivity index (χ0) is 17.2. The van der Waals surface area contributed by atoms with Crippen LogP contribution < -0.4 is 10.6 Å². The van der Waals surface area contributed by atoms with Gasteiger partial charge in [-0.3, -0.25) is 4.79 Å². The summed E-state index contributed by atoms with van der Waals surface area (Å²) in [6.07, 6.45) is 3.43. The Balaban J connectivity index is 2.21. The van der Waals surface area contributed by atoms with Gasteiger partial charge in [0.05, 0.1) is 5.56 Å². The molecule has 1 aliphatic rings. The lowest BCUT2D eigenvalue weighted by Crippen LogP contribution is -2.33. The van der Waals surface area contributed by atoms with Gasteiger partial charge in [-0.1, -0.05) is 27.7 Å². The van der Waals surface area contributed by atoms with Crippen LogP contribution in [0, 0.1) is 22.7 Å². The lowest BCUT2D eigenvalue weighted by atomic mass is 9.72. The van der Waals surface area contributed by atoms with Crippen molar-refractivity contribution >= 4 is 39.6 Å². The minimum atomic E-state index is -0.130. The zero-order valence-corrected chi connectivity index (χ0v) is 15.7. The van der Waals surface area contributed by atoms with Crippen LogP contribution >= 0.6 is 23.6 Å². The minimum absolute atomic E-state index is 0.130. The Labute approximate surface area is 147 Å². The Kier molecular flexibility index (Phi) is 5.43. The minimum Gasteiger partial charge on any atom is -0.323 e. The molecule has 2 N–H and O–H groups in total. The monoisotopic (exact) mass is 349 g/mol. The molecule has 1 aromatic heterocycles. The van der Waals surface area contributed by atoms with Crippen molar-refractivity contribution in [3.63, 3.8) is 0 Å². The number of nitrogens with zero attached hydrogens (tertiary/aromatic N) is 1. The van der Waals surface area contributed by atoms with Gasteiger partial charge in [0.2, 0.25) is 5.91 Å². The van der Waals surface area contributed by atoms with Gasteiger partial charge in [0, 0.05) is 11.3 Å². The normalized spacial score (nSPS) is 17.1. The molecule has 0 unspecified atom stereocenters. The summed E-state index contributed by atoms with van der Waals surface area (Å²) in [7, 11) is 0. The average molecular weight is 350 g/mol. The van der Waals surface area contributed by atoms with Gasteiger partial charge < -0.3 is 10.6 Å². The van der Waals surface area contributed by atoms with Crippen LogP contribution in [0.1, 0.15) is 56.5 Å². The molecular formula is C17H23N3OS2. The number of fused-ring (bicyclic) bond motifs is 1. The van der Waals surface area contributed by atoms with Crippen molar-refractivity contribution in [1.82, 2.24) is 5.32 Å². The Bertz CT molecular complexity index is 665. The first-order chi connectivity index (χ1) is 10.8. The van der Waals surface area contributed by atoms with Crippen LogP contribution in [-0.4, -0.2) is 11.0 Å². The highest BCUT2D eigenvalue weighted by Crippen LogP contribution is 2.43. The number of amides is 1. The molecule has 0 bridgehead atoms. The van der Waals surface area contributed by atoms with Gasteiger partial charge in [0.1, 0.15) is 11.1 Å². The maximum Gasteiger partial charge on any atom is 0.225 e. The van der Waals surface area contributed by atoms with E-state index in [0.717, 1.165) is 29.8 Å². The molecule has 1 atom stereocenters. The summed E-state index contributed by atoms with van der Waals surface area (Å²) in [5.41, 5.74) is 2.11. The largest absolute Gasteiger partial charge is 0.323 e. The molecule has 1 heterocycles. The molecule has 0 radical (unpaired) electrons. The predicted molar refractivity (Wildman–Crippen MR) is 98.7 cm³/mol. The van der Waals surface area contributed by atoms with Crippen molar-refractivity contribution < 1.29 is 4.79 Å². The second-order valence-corrected chi connectivity index (χ2v) is 8.49. The molecule has 0 spiro atoms. The number of rotatable bonds is 2. The lowest BCUT2D eigenvalue weighted by Gasteiger charge is -2.33. The molecule has 2 rings (SSSR count). The number of nitriles is 1. The summed E-state index contributed by atoms with van der Waals surface area (Å²) in [6.45, 7) is 8.59. The van der Waals surface area contributed by atoms with Gasteiger partial charge in [-0.2, -0.15) is 5.26 Å². The summed E-state index contributed by atoms with van der Waals surface area (Å²) in [4.78, 5) is 12.7. The van der Waals surface area contributed by atoms with Crippen molar-refractivity contribution in [2.45, 2.75) is 53.4 Å². The topological polar surface area (TPSA) is 64.9 Å². The first kappa shape index (κ1) is 17.9. The molecule has 124 valence electrons. The summed E-state index contributed by atoms with van der Waals surface area (Å²) in [5, 5.41) is 16.2. The fraction of sp³-hybridized carbons (Fsp3) is 0.588. The number of hydrogen-bond acceptors (Lipinski definition) is 4. The molecule has 1 aliphatic carbocycles. The second kappa shape index (κ2) is 6.98. The molecule has 1 amide bonds. The van der Waals surface area contributed by atoms with Gasteiger partial charge in [0.25, 0.3) is 0 Å². The number of carbonyl (C=O) groups excluding carboxylic acids is 1. The number of nitrogens with one attached hydrogen (secondary N) is 2. The third-order valence-corrected chi connectivity index (χ3v) is 5.78. The van der Waals surface area contributed by atoms with Gasteiger partial charge in [-0.05, 0) is 48.4 Å². The summed E-state index contributed by atoms with van der Waals surface area (Å²) >= 11 is 6.76. The molecular weight excluding hydrogens is 326 g/mol. The van der Waals surface area contributed by atoms with E-state index in [9.17, 15) is 10.1 Å². The van der Waals surface area contributed by atoms with E-state index in [1.165, 1.54) is 4.88 Å². The molecule has 6 heteroatoms. The molecule has 4 nitrogen and oxygen atoms in total. The van der Waals surface area contributed by atoms with E-state index in [2.05, 4.69) is 37.5 Å². The van der Waals surface area contributed by atoms with Crippen molar-refractivity contribution in [3.8, 4) is 6.07 Å². The highest BCUT2D eigenvalue weighted by molar-refractivity contribution is 7.80. The fourth-order valence-corrected chi connectivity index (χ4v) is 4.44. The average Bonchev–Trinajstić information content (AvgIpc) is 2.81. The number of hydrogen-bond donors (Lipinski definition) is 2. The van der Waals surface area contributed by atoms with Gasteiger partial charge >= 0.3 is 0 Å². The Morgan fingerprint density at radius 1 is 1.48 bits per heavy atom. The van der Waals surface area contributed by atoms with E-state index < -0.39 is 0 Å². The molecule has 0 aliphatic heterocycles. The quantitative estimate of drug-likeness (QED) is 0.792. The molecule has 0 saturated carbocycles. The van der Waals surface area contributed by atoms with E-state index in [4.69, 9.17) is 12.2 Å². The number of anilines is 1. The fourth-order valence-electron chi connectivity index (χ4n) is 2.88.